The summed E-state index contributed by atoms with van der Waals surface area (Å²) in [6.45, 7) is 6.87. The standard InChI is InChI=1S/C22H30N2O2.2ClH/c1-17-4-3-5-20(12-17)16-26-21-7-6-19(13-22(21)25-2)15-24-14-18-8-10-23-11-9-18;;/h3-7,12-13,18,23-24H,8-11,14-16H2,1-2H3;2*1H. The number of aryl methyl sites for hydroxylation is 1. The van der Waals surface area contributed by atoms with E-state index in [0.29, 0.717) is 6.61 Å². The molecule has 0 bridgehead atoms. The van der Waals surface area contributed by atoms with E-state index in [4.69, 9.17) is 9.47 Å². The Bertz CT molecular complexity index is 707. The lowest BCUT2D eigenvalue weighted by Gasteiger charge is -2.23. The Morgan fingerprint density at radius 1 is 1.00 bits per heavy atom. The Morgan fingerprint density at radius 2 is 1.79 bits per heavy atom. The van der Waals surface area contributed by atoms with E-state index >= 15 is 0 Å². The Hall–Kier alpha value is -1.46. The molecule has 156 valence electrons. The number of hydrogen-bond donors (Lipinski definition) is 2. The molecule has 1 aliphatic rings. The highest BCUT2D eigenvalue weighted by Gasteiger charge is 2.12. The molecule has 1 heterocycles. The summed E-state index contributed by atoms with van der Waals surface area (Å²) in [6.07, 6.45) is 2.53. The summed E-state index contributed by atoms with van der Waals surface area (Å²) in [5.74, 6) is 2.37. The smallest absolute Gasteiger partial charge is 0.161 e. The topological polar surface area (TPSA) is 42.5 Å². The summed E-state index contributed by atoms with van der Waals surface area (Å²) in [5.41, 5.74) is 3.63. The van der Waals surface area contributed by atoms with Crippen molar-refractivity contribution in [2.75, 3.05) is 26.7 Å². The molecular weight excluding hydrogens is 395 g/mol. The van der Waals surface area contributed by atoms with E-state index in [1.165, 1.54) is 29.5 Å². The van der Waals surface area contributed by atoms with E-state index in [2.05, 4.69) is 54.0 Å². The molecule has 28 heavy (non-hydrogen) atoms. The third-order valence-corrected chi connectivity index (χ3v) is 4.93. The fourth-order valence-corrected chi connectivity index (χ4v) is 3.41. The SMILES string of the molecule is COc1cc(CNCC2CCNCC2)ccc1OCc1cccc(C)c1.Cl.Cl. The van der Waals surface area contributed by atoms with Gasteiger partial charge >= 0.3 is 0 Å². The maximum Gasteiger partial charge on any atom is 0.161 e. The van der Waals surface area contributed by atoms with Crippen molar-refractivity contribution in [3.8, 4) is 11.5 Å². The second kappa shape index (κ2) is 12.9. The number of rotatable bonds is 8. The number of nitrogens with one attached hydrogen (secondary N) is 2. The van der Waals surface area contributed by atoms with Gasteiger partial charge in [0, 0.05) is 6.54 Å². The average Bonchev–Trinajstić information content (AvgIpc) is 2.67. The van der Waals surface area contributed by atoms with Gasteiger partial charge in [0.05, 0.1) is 7.11 Å². The van der Waals surface area contributed by atoms with E-state index in [-0.39, 0.29) is 24.8 Å². The van der Waals surface area contributed by atoms with Gasteiger partial charge in [0.2, 0.25) is 0 Å². The minimum absolute atomic E-state index is 0. The van der Waals surface area contributed by atoms with Crippen LogP contribution in [-0.2, 0) is 13.2 Å². The van der Waals surface area contributed by atoms with Crippen LogP contribution in [0, 0.1) is 12.8 Å². The van der Waals surface area contributed by atoms with Crippen molar-refractivity contribution < 1.29 is 9.47 Å². The van der Waals surface area contributed by atoms with Gasteiger partial charge in [-0.2, -0.15) is 0 Å². The molecule has 0 unspecified atom stereocenters. The number of piperidine rings is 1. The van der Waals surface area contributed by atoms with Crippen LogP contribution in [0.15, 0.2) is 42.5 Å². The fourth-order valence-electron chi connectivity index (χ4n) is 3.41. The Morgan fingerprint density at radius 3 is 2.50 bits per heavy atom. The van der Waals surface area contributed by atoms with Crippen LogP contribution in [0.1, 0.15) is 29.5 Å². The molecule has 0 aliphatic carbocycles. The average molecular weight is 427 g/mol. The molecular formula is C22H32Cl2N2O2. The predicted molar refractivity (Wildman–Crippen MR) is 120 cm³/mol. The molecule has 0 amide bonds. The molecule has 0 spiro atoms. The number of hydrogen-bond acceptors (Lipinski definition) is 4. The summed E-state index contributed by atoms with van der Waals surface area (Å²) in [4.78, 5) is 0. The Labute approximate surface area is 181 Å². The van der Waals surface area contributed by atoms with Crippen molar-refractivity contribution >= 4 is 24.8 Å². The van der Waals surface area contributed by atoms with E-state index in [9.17, 15) is 0 Å². The van der Waals surface area contributed by atoms with Gasteiger partial charge in [-0.25, -0.2) is 0 Å². The van der Waals surface area contributed by atoms with Gasteiger partial charge in [0.25, 0.3) is 0 Å². The number of ether oxygens (including phenoxy) is 2. The van der Waals surface area contributed by atoms with E-state index in [0.717, 1.165) is 43.6 Å². The van der Waals surface area contributed by atoms with Crippen LogP contribution in [0.3, 0.4) is 0 Å². The Kier molecular flexibility index (Phi) is 11.3. The highest BCUT2D eigenvalue weighted by Crippen LogP contribution is 2.29. The van der Waals surface area contributed by atoms with Crippen LogP contribution in [-0.4, -0.2) is 26.7 Å². The number of halogens is 2. The number of methoxy groups -OCH3 is 1. The molecule has 1 fully saturated rings. The predicted octanol–water partition coefficient (Wildman–Crippen LogP) is 4.52. The first-order valence-electron chi connectivity index (χ1n) is 9.51. The van der Waals surface area contributed by atoms with Gasteiger partial charge in [-0.05, 0) is 68.6 Å². The van der Waals surface area contributed by atoms with Crippen LogP contribution in [0.25, 0.3) is 0 Å². The monoisotopic (exact) mass is 426 g/mol. The lowest BCUT2D eigenvalue weighted by atomic mass is 9.98. The summed E-state index contributed by atoms with van der Waals surface area (Å²) in [7, 11) is 1.70. The van der Waals surface area contributed by atoms with Gasteiger partial charge in [-0.3, -0.25) is 0 Å². The van der Waals surface area contributed by atoms with Crippen molar-refractivity contribution in [1.82, 2.24) is 10.6 Å². The van der Waals surface area contributed by atoms with Crippen molar-refractivity contribution in [3.63, 3.8) is 0 Å². The van der Waals surface area contributed by atoms with Crippen LogP contribution < -0.4 is 20.1 Å². The second-order valence-electron chi connectivity index (χ2n) is 7.09. The van der Waals surface area contributed by atoms with Crippen molar-refractivity contribution in [3.05, 3.63) is 59.2 Å². The maximum atomic E-state index is 5.97. The van der Waals surface area contributed by atoms with Crippen LogP contribution >= 0.6 is 24.8 Å². The first-order valence-corrected chi connectivity index (χ1v) is 9.51. The fraction of sp³-hybridized carbons (Fsp3) is 0.455. The Balaban J connectivity index is 0.00000196. The molecule has 0 radical (unpaired) electrons. The number of benzene rings is 2. The first-order chi connectivity index (χ1) is 12.7. The third kappa shape index (κ3) is 7.51. The molecule has 0 atom stereocenters. The van der Waals surface area contributed by atoms with Crippen molar-refractivity contribution in [2.24, 2.45) is 5.92 Å². The van der Waals surface area contributed by atoms with E-state index < -0.39 is 0 Å². The third-order valence-electron chi connectivity index (χ3n) is 4.93. The molecule has 2 aromatic carbocycles. The largest absolute Gasteiger partial charge is 0.493 e. The van der Waals surface area contributed by atoms with Gasteiger partial charge in [0.1, 0.15) is 6.61 Å². The maximum absolute atomic E-state index is 5.97. The van der Waals surface area contributed by atoms with Gasteiger partial charge in [-0.15, -0.1) is 24.8 Å². The van der Waals surface area contributed by atoms with Gasteiger partial charge < -0.3 is 20.1 Å². The molecule has 2 N–H and O–H groups in total. The lowest BCUT2D eigenvalue weighted by molar-refractivity contribution is 0.284. The van der Waals surface area contributed by atoms with Crippen LogP contribution in [0.5, 0.6) is 11.5 Å². The highest BCUT2D eigenvalue weighted by molar-refractivity contribution is 5.85. The molecule has 0 aromatic heterocycles. The van der Waals surface area contributed by atoms with E-state index in [1.807, 2.05) is 6.07 Å². The van der Waals surface area contributed by atoms with Crippen molar-refractivity contribution in [2.45, 2.75) is 32.9 Å². The molecule has 1 aliphatic heterocycles. The van der Waals surface area contributed by atoms with Crippen LogP contribution in [0.2, 0.25) is 0 Å². The molecule has 1 saturated heterocycles. The zero-order valence-electron chi connectivity index (χ0n) is 16.7. The van der Waals surface area contributed by atoms with Crippen molar-refractivity contribution in [1.29, 1.82) is 0 Å². The molecule has 4 nitrogen and oxygen atoms in total. The van der Waals surface area contributed by atoms with Gasteiger partial charge in [0.15, 0.2) is 11.5 Å². The lowest BCUT2D eigenvalue weighted by Crippen LogP contribution is -2.33. The zero-order valence-corrected chi connectivity index (χ0v) is 18.3. The summed E-state index contributed by atoms with van der Waals surface area (Å²) >= 11 is 0. The summed E-state index contributed by atoms with van der Waals surface area (Å²) in [5, 5.41) is 6.99. The molecule has 2 aromatic rings. The second-order valence-corrected chi connectivity index (χ2v) is 7.09. The first kappa shape index (κ1) is 24.6. The molecule has 3 rings (SSSR count). The molecule has 6 heteroatoms. The van der Waals surface area contributed by atoms with E-state index in [1.54, 1.807) is 7.11 Å². The summed E-state index contributed by atoms with van der Waals surface area (Å²) in [6, 6.07) is 14.6. The van der Waals surface area contributed by atoms with Crippen LogP contribution in [0.4, 0.5) is 0 Å². The zero-order chi connectivity index (χ0) is 18.2. The molecule has 0 saturated carbocycles. The minimum atomic E-state index is 0. The summed E-state index contributed by atoms with van der Waals surface area (Å²) < 4.78 is 11.5. The highest BCUT2D eigenvalue weighted by atomic mass is 35.5. The van der Waals surface area contributed by atoms with Gasteiger partial charge in [-0.1, -0.05) is 35.9 Å². The normalized spacial score (nSPS) is 13.9. The quantitative estimate of drug-likeness (QED) is 0.651. The minimum Gasteiger partial charge on any atom is -0.493 e.